The quantitative estimate of drug-likeness (QED) is 0.885. The highest BCUT2D eigenvalue weighted by molar-refractivity contribution is 7.18. The third kappa shape index (κ3) is 1.78. The molecule has 16 heavy (non-hydrogen) atoms. The lowest BCUT2D eigenvalue weighted by Gasteiger charge is -2.05. The maximum atomic E-state index is 4.51. The number of anilines is 1. The van der Waals surface area contributed by atoms with Gasteiger partial charge in [-0.3, -0.25) is 0 Å². The number of aryl methyl sites for hydroxylation is 2. The van der Waals surface area contributed by atoms with Gasteiger partial charge in [-0.25, -0.2) is 9.97 Å². The Morgan fingerprint density at radius 2 is 2.25 bits per heavy atom. The molecule has 2 aromatic heterocycles. The molecule has 1 aliphatic rings. The maximum Gasteiger partial charge on any atom is 0.138 e. The molecule has 0 spiro atoms. The van der Waals surface area contributed by atoms with Crippen molar-refractivity contribution in [3.8, 4) is 0 Å². The lowest BCUT2D eigenvalue weighted by atomic mass is 10.3. The van der Waals surface area contributed by atoms with Crippen LogP contribution >= 0.6 is 11.3 Å². The number of rotatable bonds is 3. The van der Waals surface area contributed by atoms with Gasteiger partial charge in [0.25, 0.3) is 0 Å². The molecular weight excluding hydrogens is 218 g/mol. The van der Waals surface area contributed by atoms with Crippen molar-refractivity contribution in [2.24, 2.45) is 0 Å². The fourth-order valence-electron chi connectivity index (χ4n) is 1.78. The average Bonchev–Trinajstić information content (AvgIpc) is 2.95. The maximum absolute atomic E-state index is 4.51. The van der Waals surface area contributed by atoms with Gasteiger partial charge in [-0.15, -0.1) is 11.3 Å². The predicted octanol–water partition coefficient (Wildman–Crippen LogP) is 3.14. The van der Waals surface area contributed by atoms with E-state index in [2.05, 4.69) is 28.3 Å². The highest BCUT2D eigenvalue weighted by Crippen LogP contribution is 2.32. The third-order valence-corrected chi connectivity index (χ3v) is 4.00. The van der Waals surface area contributed by atoms with Crippen molar-refractivity contribution in [2.75, 3.05) is 5.32 Å². The zero-order valence-electron chi connectivity index (χ0n) is 9.58. The number of hydrogen-bond donors (Lipinski definition) is 1. The molecule has 0 atom stereocenters. The normalized spacial score (nSPS) is 15.6. The van der Waals surface area contributed by atoms with Crippen LogP contribution in [0, 0.1) is 6.92 Å². The van der Waals surface area contributed by atoms with Crippen LogP contribution < -0.4 is 5.32 Å². The van der Waals surface area contributed by atoms with E-state index in [9.17, 15) is 0 Å². The van der Waals surface area contributed by atoms with E-state index in [1.807, 2.05) is 6.92 Å². The minimum absolute atomic E-state index is 0.641. The fourth-order valence-corrected chi connectivity index (χ4v) is 2.80. The van der Waals surface area contributed by atoms with Gasteiger partial charge in [-0.2, -0.15) is 0 Å². The van der Waals surface area contributed by atoms with Crippen LogP contribution in [-0.2, 0) is 6.42 Å². The molecule has 84 valence electrons. The van der Waals surface area contributed by atoms with E-state index in [0.717, 1.165) is 22.9 Å². The molecule has 0 saturated heterocycles. The molecule has 0 unspecified atom stereocenters. The molecule has 1 saturated carbocycles. The standard InChI is InChI=1S/C12H15N3S/c1-3-9-6-10-11(15-8-4-5-8)13-7(2)14-12(10)16-9/h6,8H,3-5H2,1-2H3,(H,13,14,15). The summed E-state index contributed by atoms with van der Waals surface area (Å²) in [6, 6.07) is 2.87. The number of hydrogen-bond acceptors (Lipinski definition) is 4. The van der Waals surface area contributed by atoms with Gasteiger partial charge in [0, 0.05) is 10.9 Å². The third-order valence-electron chi connectivity index (χ3n) is 2.82. The molecule has 0 aromatic carbocycles. The molecule has 1 N–H and O–H groups in total. The first-order valence-corrected chi connectivity index (χ1v) is 6.61. The smallest absolute Gasteiger partial charge is 0.138 e. The second kappa shape index (κ2) is 3.70. The SMILES string of the molecule is CCc1cc2c(NC3CC3)nc(C)nc2s1. The largest absolute Gasteiger partial charge is 0.367 e. The van der Waals surface area contributed by atoms with Crippen LogP contribution in [0.2, 0.25) is 0 Å². The summed E-state index contributed by atoms with van der Waals surface area (Å²) < 4.78 is 0. The Kier molecular flexibility index (Phi) is 2.32. The molecule has 1 aliphatic carbocycles. The van der Waals surface area contributed by atoms with E-state index in [1.165, 1.54) is 23.1 Å². The Balaban J connectivity index is 2.11. The van der Waals surface area contributed by atoms with Gasteiger partial charge in [0.1, 0.15) is 16.5 Å². The van der Waals surface area contributed by atoms with Crippen LogP contribution in [0.25, 0.3) is 10.2 Å². The van der Waals surface area contributed by atoms with Gasteiger partial charge in [-0.1, -0.05) is 6.92 Å². The minimum atomic E-state index is 0.641. The Bertz CT molecular complexity index is 528. The molecule has 4 heteroatoms. The zero-order chi connectivity index (χ0) is 11.1. The number of aromatic nitrogens is 2. The molecule has 2 aromatic rings. The molecule has 1 fully saturated rings. The van der Waals surface area contributed by atoms with Gasteiger partial charge in [0.15, 0.2) is 0 Å². The summed E-state index contributed by atoms with van der Waals surface area (Å²) in [5.74, 6) is 1.89. The van der Waals surface area contributed by atoms with Crippen LogP contribution in [0.15, 0.2) is 6.07 Å². The Hall–Kier alpha value is -1.16. The van der Waals surface area contributed by atoms with Crippen LogP contribution in [0.3, 0.4) is 0 Å². The van der Waals surface area contributed by atoms with E-state index in [-0.39, 0.29) is 0 Å². The van der Waals surface area contributed by atoms with E-state index < -0.39 is 0 Å². The fraction of sp³-hybridized carbons (Fsp3) is 0.500. The van der Waals surface area contributed by atoms with Crippen LogP contribution in [0.4, 0.5) is 5.82 Å². The van der Waals surface area contributed by atoms with Crippen molar-refractivity contribution in [3.63, 3.8) is 0 Å². The number of thiophene rings is 1. The van der Waals surface area contributed by atoms with Crippen LogP contribution in [-0.4, -0.2) is 16.0 Å². The summed E-state index contributed by atoms with van der Waals surface area (Å²) in [4.78, 5) is 11.5. The lowest BCUT2D eigenvalue weighted by molar-refractivity contribution is 1.06. The van der Waals surface area contributed by atoms with Crippen molar-refractivity contribution in [1.82, 2.24) is 9.97 Å². The second-order valence-electron chi connectivity index (χ2n) is 4.32. The Morgan fingerprint density at radius 3 is 2.94 bits per heavy atom. The minimum Gasteiger partial charge on any atom is -0.367 e. The van der Waals surface area contributed by atoms with Gasteiger partial charge in [0.05, 0.1) is 5.39 Å². The molecule has 0 aliphatic heterocycles. The van der Waals surface area contributed by atoms with E-state index in [1.54, 1.807) is 11.3 Å². The van der Waals surface area contributed by atoms with Crippen molar-refractivity contribution < 1.29 is 0 Å². The Morgan fingerprint density at radius 1 is 1.44 bits per heavy atom. The topological polar surface area (TPSA) is 37.8 Å². The first kappa shape index (κ1) is 10.0. The summed E-state index contributed by atoms with van der Waals surface area (Å²) in [7, 11) is 0. The molecule has 2 heterocycles. The monoisotopic (exact) mass is 233 g/mol. The first-order chi connectivity index (χ1) is 7.76. The molecular formula is C12H15N3S. The zero-order valence-corrected chi connectivity index (χ0v) is 10.4. The summed E-state index contributed by atoms with van der Waals surface area (Å²) in [6.07, 6.45) is 3.62. The molecule has 0 amide bonds. The summed E-state index contributed by atoms with van der Waals surface area (Å²) >= 11 is 1.78. The van der Waals surface area contributed by atoms with Gasteiger partial charge < -0.3 is 5.32 Å². The average molecular weight is 233 g/mol. The first-order valence-electron chi connectivity index (χ1n) is 5.80. The highest BCUT2D eigenvalue weighted by atomic mass is 32.1. The number of fused-ring (bicyclic) bond motifs is 1. The van der Waals surface area contributed by atoms with Gasteiger partial charge in [-0.05, 0) is 32.3 Å². The molecule has 3 rings (SSSR count). The highest BCUT2D eigenvalue weighted by Gasteiger charge is 2.23. The summed E-state index contributed by atoms with van der Waals surface area (Å²) in [5.41, 5.74) is 0. The molecule has 3 nitrogen and oxygen atoms in total. The Labute approximate surface area is 98.9 Å². The van der Waals surface area contributed by atoms with Crippen molar-refractivity contribution in [2.45, 2.75) is 39.2 Å². The van der Waals surface area contributed by atoms with Crippen LogP contribution in [0.5, 0.6) is 0 Å². The molecule has 0 radical (unpaired) electrons. The second-order valence-corrected chi connectivity index (χ2v) is 5.44. The van der Waals surface area contributed by atoms with Gasteiger partial charge in [0.2, 0.25) is 0 Å². The lowest BCUT2D eigenvalue weighted by Crippen LogP contribution is -2.04. The van der Waals surface area contributed by atoms with Gasteiger partial charge >= 0.3 is 0 Å². The summed E-state index contributed by atoms with van der Waals surface area (Å²) in [6.45, 7) is 4.14. The van der Waals surface area contributed by atoms with Crippen molar-refractivity contribution in [1.29, 1.82) is 0 Å². The van der Waals surface area contributed by atoms with Crippen molar-refractivity contribution >= 4 is 27.4 Å². The number of nitrogens with zero attached hydrogens (tertiary/aromatic N) is 2. The van der Waals surface area contributed by atoms with E-state index in [0.29, 0.717) is 6.04 Å². The van der Waals surface area contributed by atoms with Crippen molar-refractivity contribution in [3.05, 3.63) is 16.8 Å². The van der Waals surface area contributed by atoms with E-state index in [4.69, 9.17) is 0 Å². The van der Waals surface area contributed by atoms with E-state index >= 15 is 0 Å². The van der Waals surface area contributed by atoms with Crippen LogP contribution in [0.1, 0.15) is 30.5 Å². The molecule has 0 bridgehead atoms. The predicted molar refractivity (Wildman–Crippen MR) is 68.2 cm³/mol. The summed E-state index contributed by atoms with van der Waals surface area (Å²) in [5, 5.41) is 4.69. The number of nitrogens with one attached hydrogen (secondary N) is 1.